The van der Waals surface area contributed by atoms with E-state index in [4.69, 9.17) is 4.74 Å². The first-order valence-corrected chi connectivity index (χ1v) is 6.42. The second kappa shape index (κ2) is 6.85. The van der Waals surface area contributed by atoms with Crippen molar-refractivity contribution in [3.8, 4) is 5.75 Å². The molecule has 0 bridgehead atoms. The fourth-order valence-corrected chi connectivity index (χ4v) is 1.86. The highest BCUT2D eigenvalue weighted by molar-refractivity contribution is 5.27. The van der Waals surface area contributed by atoms with Gasteiger partial charge in [0.05, 0.1) is 12.8 Å². The van der Waals surface area contributed by atoms with Crippen molar-refractivity contribution in [1.29, 1.82) is 0 Å². The second-order valence-electron chi connectivity index (χ2n) is 4.40. The molecule has 2 rings (SSSR count). The molecule has 1 N–H and O–H groups in total. The highest BCUT2D eigenvalue weighted by Crippen LogP contribution is 2.12. The predicted octanol–water partition coefficient (Wildman–Crippen LogP) is 2.38. The third-order valence-corrected chi connectivity index (χ3v) is 3.05. The number of ether oxygens (including phenoxy) is 1. The zero-order valence-corrected chi connectivity index (χ0v) is 11.3. The van der Waals surface area contributed by atoms with E-state index in [1.54, 1.807) is 25.7 Å². The molecule has 0 aliphatic rings. The van der Waals surface area contributed by atoms with E-state index in [0.717, 1.165) is 24.4 Å². The van der Waals surface area contributed by atoms with Gasteiger partial charge < -0.3 is 10.1 Å². The Morgan fingerprint density at radius 1 is 1.21 bits per heavy atom. The van der Waals surface area contributed by atoms with Crippen LogP contribution in [0.4, 0.5) is 0 Å². The predicted molar refractivity (Wildman–Crippen MR) is 75.1 cm³/mol. The summed E-state index contributed by atoms with van der Waals surface area (Å²) in [5.74, 6) is 0.893. The Morgan fingerprint density at radius 2 is 2.00 bits per heavy atom. The number of methoxy groups -OCH3 is 1. The molecule has 0 fully saturated rings. The first-order valence-electron chi connectivity index (χ1n) is 6.42. The van der Waals surface area contributed by atoms with Gasteiger partial charge in [0.25, 0.3) is 0 Å². The quantitative estimate of drug-likeness (QED) is 0.863. The van der Waals surface area contributed by atoms with Crippen LogP contribution in [0.3, 0.4) is 0 Å². The standard InChI is InChI=1S/C15H19N3O/c1-12(15-11-16-9-10-18-15)17-8-7-13-3-5-14(19-2)6-4-13/h3-6,9-12,17H,7-8H2,1-2H3. The zero-order valence-electron chi connectivity index (χ0n) is 11.3. The fourth-order valence-electron chi connectivity index (χ4n) is 1.86. The Bertz CT molecular complexity index is 485. The van der Waals surface area contributed by atoms with Gasteiger partial charge in [-0.2, -0.15) is 0 Å². The average molecular weight is 257 g/mol. The van der Waals surface area contributed by atoms with E-state index in [1.807, 2.05) is 12.1 Å². The van der Waals surface area contributed by atoms with Crippen LogP contribution in [0.2, 0.25) is 0 Å². The highest BCUT2D eigenvalue weighted by Gasteiger charge is 2.05. The molecule has 0 aliphatic heterocycles. The molecule has 19 heavy (non-hydrogen) atoms. The van der Waals surface area contributed by atoms with Crippen molar-refractivity contribution in [2.24, 2.45) is 0 Å². The summed E-state index contributed by atoms with van der Waals surface area (Å²) in [6.45, 7) is 3.00. The van der Waals surface area contributed by atoms with Gasteiger partial charge in [0.15, 0.2) is 0 Å². The SMILES string of the molecule is COc1ccc(CCNC(C)c2cnccn2)cc1. The van der Waals surface area contributed by atoms with E-state index in [9.17, 15) is 0 Å². The average Bonchev–Trinajstić information content (AvgIpc) is 2.49. The first kappa shape index (κ1) is 13.5. The lowest BCUT2D eigenvalue weighted by Crippen LogP contribution is -2.22. The summed E-state index contributed by atoms with van der Waals surface area (Å²) < 4.78 is 5.14. The number of aromatic nitrogens is 2. The molecule has 0 saturated carbocycles. The van der Waals surface area contributed by atoms with Crippen LogP contribution in [0.1, 0.15) is 24.2 Å². The summed E-state index contributed by atoms with van der Waals surface area (Å²) in [4.78, 5) is 8.36. The number of benzene rings is 1. The fraction of sp³-hybridized carbons (Fsp3) is 0.333. The minimum Gasteiger partial charge on any atom is -0.497 e. The number of rotatable bonds is 6. The molecule has 1 unspecified atom stereocenters. The first-order chi connectivity index (χ1) is 9.29. The van der Waals surface area contributed by atoms with Crippen molar-refractivity contribution in [2.45, 2.75) is 19.4 Å². The van der Waals surface area contributed by atoms with Gasteiger partial charge in [-0.3, -0.25) is 9.97 Å². The van der Waals surface area contributed by atoms with Gasteiger partial charge in [0.2, 0.25) is 0 Å². The molecule has 0 saturated heterocycles. The Labute approximate surface area is 113 Å². The van der Waals surface area contributed by atoms with E-state index in [-0.39, 0.29) is 6.04 Å². The van der Waals surface area contributed by atoms with Crippen LogP contribution in [-0.2, 0) is 6.42 Å². The van der Waals surface area contributed by atoms with Crippen molar-refractivity contribution in [2.75, 3.05) is 13.7 Å². The van der Waals surface area contributed by atoms with Crippen LogP contribution in [-0.4, -0.2) is 23.6 Å². The van der Waals surface area contributed by atoms with E-state index in [1.165, 1.54) is 5.56 Å². The van der Waals surface area contributed by atoms with Crippen LogP contribution < -0.4 is 10.1 Å². The molecule has 0 aliphatic carbocycles. The molecule has 0 amide bonds. The molecule has 100 valence electrons. The minimum absolute atomic E-state index is 0.215. The molecular weight excluding hydrogens is 238 g/mol. The minimum atomic E-state index is 0.215. The molecule has 4 heteroatoms. The van der Waals surface area contributed by atoms with Crippen LogP contribution in [0.25, 0.3) is 0 Å². The third kappa shape index (κ3) is 4.03. The summed E-state index contributed by atoms with van der Waals surface area (Å²) in [7, 11) is 1.68. The summed E-state index contributed by atoms with van der Waals surface area (Å²) in [6.07, 6.45) is 6.18. The molecule has 1 aromatic carbocycles. The number of hydrogen-bond donors (Lipinski definition) is 1. The lowest BCUT2D eigenvalue weighted by molar-refractivity contribution is 0.414. The zero-order chi connectivity index (χ0) is 13.5. The van der Waals surface area contributed by atoms with E-state index in [0.29, 0.717) is 0 Å². The Balaban J connectivity index is 1.79. The topological polar surface area (TPSA) is 47.0 Å². The lowest BCUT2D eigenvalue weighted by Gasteiger charge is -2.12. The van der Waals surface area contributed by atoms with Crippen molar-refractivity contribution >= 4 is 0 Å². The molecule has 0 spiro atoms. The van der Waals surface area contributed by atoms with Gasteiger partial charge in [-0.15, -0.1) is 0 Å². The normalized spacial score (nSPS) is 12.1. The maximum atomic E-state index is 5.14. The Morgan fingerprint density at radius 3 is 2.63 bits per heavy atom. The maximum Gasteiger partial charge on any atom is 0.118 e. The largest absolute Gasteiger partial charge is 0.497 e. The number of nitrogens with one attached hydrogen (secondary N) is 1. The Kier molecular flexibility index (Phi) is 4.86. The van der Waals surface area contributed by atoms with Crippen molar-refractivity contribution in [3.63, 3.8) is 0 Å². The molecule has 0 radical (unpaired) electrons. The van der Waals surface area contributed by atoms with Crippen molar-refractivity contribution in [3.05, 3.63) is 54.1 Å². The molecule has 2 aromatic rings. The molecular formula is C15H19N3O. The van der Waals surface area contributed by atoms with Gasteiger partial charge in [0, 0.05) is 24.6 Å². The molecule has 1 aromatic heterocycles. The molecule has 1 atom stereocenters. The van der Waals surface area contributed by atoms with Crippen LogP contribution >= 0.6 is 0 Å². The summed E-state index contributed by atoms with van der Waals surface area (Å²) in [5, 5.41) is 3.44. The van der Waals surface area contributed by atoms with Crippen LogP contribution in [0, 0.1) is 0 Å². The third-order valence-electron chi connectivity index (χ3n) is 3.05. The monoisotopic (exact) mass is 257 g/mol. The number of nitrogens with zero attached hydrogens (tertiary/aromatic N) is 2. The molecule has 4 nitrogen and oxygen atoms in total. The summed E-state index contributed by atoms with van der Waals surface area (Å²) in [5.41, 5.74) is 2.26. The second-order valence-corrected chi connectivity index (χ2v) is 4.40. The van der Waals surface area contributed by atoms with Gasteiger partial charge in [-0.05, 0) is 37.6 Å². The van der Waals surface area contributed by atoms with E-state index < -0.39 is 0 Å². The van der Waals surface area contributed by atoms with Gasteiger partial charge in [-0.1, -0.05) is 12.1 Å². The van der Waals surface area contributed by atoms with Crippen LogP contribution in [0.15, 0.2) is 42.9 Å². The van der Waals surface area contributed by atoms with Crippen LogP contribution in [0.5, 0.6) is 5.75 Å². The van der Waals surface area contributed by atoms with Gasteiger partial charge in [0.1, 0.15) is 5.75 Å². The maximum absolute atomic E-state index is 5.14. The summed E-state index contributed by atoms with van der Waals surface area (Å²) in [6, 6.07) is 8.37. The van der Waals surface area contributed by atoms with Crippen molar-refractivity contribution < 1.29 is 4.74 Å². The van der Waals surface area contributed by atoms with E-state index in [2.05, 4.69) is 34.3 Å². The highest BCUT2D eigenvalue weighted by atomic mass is 16.5. The molecule has 1 heterocycles. The van der Waals surface area contributed by atoms with Gasteiger partial charge in [-0.25, -0.2) is 0 Å². The Hall–Kier alpha value is -1.94. The van der Waals surface area contributed by atoms with Crippen molar-refractivity contribution in [1.82, 2.24) is 15.3 Å². The van der Waals surface area contributed by atoms with Gasteiger partial charge >= 0.3 is 0 Å². The number of hydrogen-bond acceptors (Lipinski definition) is 4. The summed E-state index contributed by atoms with van der Waals surface area (Å²) >= 11 is 0. The van der Waals surface area contributed by atoms with E-state index >= 15 is 0 Å². The smallest absolute Gasteiger partial charge is 0.118 e. The lowest BCUT2D eigenvalue weighted by atomic mass is 10.1.